The SMILES string of the molecule is CCc1ccc(C(C#N)N2CCN(S(=O)(=O)Cc3ccccc3C)CC2)cc1. The van der Waals surface area contributed by atoms with Crippen molar-refractivity contribution in [2.45, 2.75) is 32.1 Å². The predicted octanol–water partition coefficient (Wildman–Crippen LogP) is 3.27. The van der Waals surface area contributed by atoms with Gasteiger partial charge in [0, 0.05) is 26.2 Å². The molecule has 5 nitrogen and oxygen atoms in total. The van der Waals surface area contributed by atoms with Gasteiger partial charge < -0.3 is 0 Å². The van der Waals surface area contributed by atoms with Crippen molar-refractivity contribution in [3.63, 3.8) is 0 Å². The molecule has 0 bridgehead atoms. The van der Waals surface area contributed by atoms with Crippen LogP contribution in [0, 0.1) is 18.3 Å². The minimum atomic E-state index is -3.36. The highest BCUT2D eigenvalue weighted by Crippen LogP contribution is 2.24. The van der Waals surface area contributed by atoms with Crippen LogP contribution >= 0.6 is 0 Å². The quantitative estimate of drug-likeness (QED) is 0.750. The highest BCUT2D eigenvalue weighted by Gasteiger charge is 2.30. The Morgan fingerprint density at radius 3 is 2.25 bits per heavy atom. The monoisotopic (exact) mass is 397 g/mol. The largest absolute Gasteiger partial charge is 0.282 e. The molecule has 1 heterocycles. The lowest BCUT2D eigenvalue weighted by molar-refractivity contribution is 0.162. The van der Waals surface area contributed by atoms with Crippen LogP contribution in [0.25, 0.3) is 0 Å². The first-order valence-electron chi connectivity index (χ1n) is 9.69. The lowest BCUT2D eigenvalue weighted by Gasteiger charge is -2.36. The molecule has 0 radical (unpaired) electrons. The summed E-state index contributed by atoms with van der Waals surface area (Å²) < 4.78 is 27.2. The topological polar surface area (TPSA) is 64.4 Å². The molecule has 0 aromatic heterocycles. The molecule has 0 spiro atoms. The summed E-state index contributed by atoms with van der Waals surface area (Å²) in [4.78, 5) is 2.07. The molecule has 0 saturated carbocycles. The van der Waals surface area contributed by atoms with E-state index in [1.807, 2.05) is 43.3 Å². The molecule has 1 aliphatic rings. The number of nitriles is 1. The number of aryl methyl sites for hydroxylation is 2. The van der Waals surface area contributed by atoms with Crippen molar-refractivity contribution in [3.05, 3.63) is 70.8 Å². The van der Waals surface area contributed by atoms with Crippen LogP contribution in [0.2, 0.25) is 0 Å². The third-order valence-corrected chi connectivity index (χ3v) is 7.28. The third kappa shape index (κ3) is 4.61. The molecule has 3 rings (SSSR count). The summed E-state index contributed by atoms with van der Waals surface area (Å²) in [7, 11) is -3.36. The highest BCUT2D eigenvalue weighted by molar-refractivity contribution is 7.88. The molecule has 1 fully saturated rings. The van der Waals surface area contributed by atoms with E-state index in [-0.39, 0.29) is 11.8 Å². The second kappa shape index (κ2) is 8.87. The molecule has 6 heteroatoms. The fourth-order valence-electron chi connectivity index (χ4n) is 3.60. The molecule has 2 aromatic carbocycles. The Morgan fingerprint density at radius 2 is 1.68 bits per heavy atom. The van der Waals surface area contributed by atoms with Crippen LogP contribution < -0.4 is 0 Å². The van der Waals surface area contributed by atoms with Crippen molar-refractivity contribution in [1.82, 2.24) is 9.21 Å². The molecule has 0 aliphatic carbocycles. The van der Waals surface area contributed by atoms with Crippen LogP contribution in [-0.2, 0) is 22.2 Å². The molecule has 28 heavy (non-hydrogen) atoms. The molecule has 1 saturated heterocycles. The Balaban J connectivity index is 1.65. The number of nitrogens with zero attached hydrogens (tertiary/aromatic N) is 3. The lowest BCUT2D eigenvalue weighted by atomic mass is 10.0. The van der Waals surface area contributed by atoms with E-state index in [1.165, 1.54) is 5.56 Å². The van der Waals surface area contributed by atoms with E-state index in [4.69, 9.17) is 0 Å². The Morgan fingerprint density at radius 1 is 1.04 bits per heavy atom. The average Bonchev–Trinajstić information content (AvgIpc) is 2.71. The van der Waals surface area contributed by atoms with Gasteiger partial charge in [0.05, 0.1) is 11.8 Å². The van der Waals surface area contributed by atoms with Crippen molar-refractivity contribution in [1.29, 1.82) is 5.26 Å². The summed E-state index contributed by atoms with van der Waals surface area (Å²) in [6.07, 6.45) is 0.967. The van der Waals surface area contributed by atoms with Gasteiger partial charge in [0.1, 0.15) is 6.04 Å². The van der Waals surface area contributed by atoms with E-state index in [0.717, 1.165) is 23.1 Å². The van der Waals surface area contributed by atoms with Gasteiger partial charge in [-0.3, -0.25) is 4.90 Å². The number of sulfonamides is 1. The van der Waals surface area contributed by atoms with E-state index >= 15 is 0 Å². The highest BCUT2D eigenvalue weighted by atomic mass is 32.2. The van der Waals surface area contributed by atoms with Crippen molar-refractivity contribution < 1.29 is 8.42 Å². The molecular formula is C22H27N3O2S. The first kappa shape index (κ1) is 20.5. The van der Waals surface area contributed by atoms with E-state index in [2.05, 4.69) is 30.0 Å². The van der Waals surface area contributed by atoms with Crippen molar-refractivity contribution in [2.24, 2.45) is 0 Å². The van der Waals surface area contributed by atoms with E-state index < -0.39 is 10.0 Å². The van der Waals surface area contributed by atoms with E-state index in [9.17, 15) is 13.7 Å². The number of hydrogen-bond donors (Lipinski definition) is 0. The molecule has 0 amide bonds. The van der Waals surface area contributed by atoms with Crippen molar-refractivity contribution in [2.75, 3.05) is 26.2 Å². The van der Waals surface area contributed by atoms with Gasteiger partial charge in [0.25, 0.3) is 0 Å². The van der Waals surface area contributed by atoms with Crippen LogP contribution in [0.3, 0.4) is 0 Å². The Bertz CT molecular complexity index is 940. The van der Waals surface area contributed by atoms with Crippen LogP contribution in [0.4, 0.5) is 0 Å². The van der Waals surface area contributed by atoms with E-state index in [1.54, 1.807) is 4.31 Å². The van der Waals surface area contributed by atoms with Gasteiger partial charge in [-0.15, -0.1) is 0 Å². The second-order valence-electron chi connectivity index (χ2n) is 7.24. The zero-order valence-electron chi connectivity index (χ0n) is 16.5. The smallest absolute Gasteiger partial charge is 0.218 e. The maximum Gasteiger partial charge on any atom is 0.218 e. The van der Waals surface area contributed by atoms with Gasteiger partial charge in [0.15, 0.2) is 0 Å². The number of hydrogen-bond acceptors (Lipinski definition) is 4. The fraction of sp³-hybridized carbons (Fsp3) is 0.409. The summed E-state index contributed by atoms with van der Waals surface area (Å²) >= 11 is 0. The van der Waals surface area contributed by atoms with Gasteiger partial charge >= 0.3 is 0 Å². The molecule has 2 aromatic rings. The molecule has 1 atom stereocenters. The van der Waals surface area contributed by atoms with Gasteiger partial charge in [0.2, 0.25) is 10.0 Å². The summed E-state index contributed by atoms with van der Waals surface area (Å²) in [6, 6.07) is 17.8. The molecule has 0 N–H and O–H groups in total. The van der Waals surface area contributed by atoms with Crippen molar-refractivity contribution >= 4 is 10.0 Å². The summed E-state index contributed by atoms with van der Waals surface area (Å²) in [6.45, 7) is 5.98. The van der Waals surface area contributed by atoms with Crippen LogP contribution in [0.5, 0.6) is 0 Å². The Hall–Kier alpha value is -2.20. The molecular weight excluding hydrogens is 370 g/mol. The predicted molar refractivity (Wildman–Crippen MR) is 111 cm³/mol. The summed E-state index contributed by atoms with van der Waals surface area (Å²) in [5, 5.41) is 9.69. The molecule has 1 unspecified atom stereocenters. The zero-order chi connectivity index (χ0) is 20.1. The normalized spacial score (nSPS) is 17.2. The number of rotatable bonds is 6. The third-order valence-electron chi connectivity index (χ3n) is 5.46. The van der Waals surface area contributed by atoms with Gasteiger partial charge in [-0.25, -0.2) is 8.42 Å². The minimum Gasteiger partial charge on any atom is -0.282 e. The second-order valence-corrected chi connectivity index (χ2v) is 9.21. The number of piperazine rings is 1. The number of benzene rings is 2. The van der Waals surface area contributed by atoms with E-state index in [0.29, 0.717) is 26.2 Å². The standard InChI is InChI=1S/C22H27N3O2S/c1-3-19-8-10-20(11-9-19)22(16-23)24-12-14-25(15-13-24)28(26,27)17-21-7-5-4-6-18(21)2/h4-11,22H,3,12-15,17H2,1-2H3. The minimum absolute atomic E-state index is 0.0276. The lowest BCUT2D eigenvalue weighted by Crippen LogP contribution is -2.49. The summed E-state index contributed by atoms with van der Waals surface area (Å²) in [5.41, 5.74) is 4.05. The van der Waals surface area contributed by atoms with Crippen LogP contribution in [0.1, 0.15) is 35.2 Å². The summed E-state index contributed by atoms with van der Waals surface area (Å²) in [5.74, 6) is 0.0276. The fourth-order valence-corrected chi connectivity index (χ4v) is 5.22. The van der Waals surface area contributed by atoms with Crippen LogP contribution in [-0.4, -0.2) is 43.8 Å². The van der Waals surface area contributed by atoms with Gasteiger partial charge in [-0.05, 0) is 35.6 Å². The molecule has 1 aliphatic heterocycles. The Labute approximate surface area is 168 Å². The Kier molecular flexibility index (Phi) is 6.50. The maximum absolute atomic E-state index is 12.8. The first-order valence-corrected chi connectivity index (χ1v) is 11.3. The van der Waals surface area contributed by atoms with Crippen molar-refractivity contribution in [3.8, 4) is 6.07 Å². The van der Waals surface area contributed by atoms with Crippen LogP contribution in [0.15, 0.2) is 48.5 Å². The first-order chi connectivity index (χ1) is 13.4. The van der Waals surface area contributed by atoms with Gasteiger partial charge in [-0.2, -0.15) is 9.57 Å². The molecule has 148 valence electrons. The maximum atomic E-state index is 12.8. The average molecular weight is 398 g/mol. The zero-order valence-corrected chi connectivity index (χ0v) is 17.3. The van der Waals surface area contributed by atoms with Gasteiger partial charge in [-0.1, -0.05) is 55.5 Å².